The summed E-state index contributed by atoms with van der Waals surface area (Å²) in [5.41, 5.74) is 5.92. The third kappa shape index (κ3) is 3.31. The molecular weight excluding hydrogens is 369 g/mol. The van der Waals surface area contributed by atoms with Crippen molar-refractivity contribution in [2.75, 3.05) is 5.73 Å². The molecule has 7 heteroatoms. The van der Waals surface area contributed by atoms with Crippen LogP contribution in [0.3, 0.4) is 0 Å². The topological polar surface area (TPSA) is 60.2 Å². The summed E-state index contributed by atoms with van der Waals surface area (Å²) in [7, 11) is -3.69. The minimum atomic E-state index is -3.69. The van der Waals surface area contributed by atoms with Crippen LogP contribution < -0.4 is 5.73 Å². The molecule has 3 nitrogen and oxygen atoms in total. The predicted molar refractivity (Wildman–Crippen MR) is 80.9 cm³/mol. The van der Waals surface area contributed by atoms with E-state index in [4.69, 9.17) is 17.3 Å². The first-order valence-electron chi connectivity index (χ1n) is 5.51. The minimum Gasteiger partial charge on any atom is -0.398 e. The van der Waals surface area contributed by atoms with Crippen molar-refractivity contribution in [3.63, 3.8) is 0 Å². The van der Waals surface area contributed by atoms with Gasteiger partial charge < -0.3 is 5.73 Å². The fraction of sp³-hybridized carbons (Fsp3) is 0.0769. The van der Waals surface area contributed by atoms with Gasteiger partial charge in [0.2, 0.25) is 0 Å². The maximum Gasteiger partial charge on any atom is 0.182 e. The van der Waals surface area contributed by atoms with Crippen LogP contribution in [0.25, 0.3) is 0 Å². The first kappa shape index (κ1) is 15.3. The van der Waals surface area contributed by atoms with Gasteiger partial charge in [0, 0.05) is 10.0 Å². The van der Waals surface area contributed by atoms with E-state index in [-0.39, 0.29) is 15.5 Å². The van der Waals surface area contributed by atoms with Crippen LogP contribution in [0.4, 0.5) is 10.1 Å². The van der Waals surface area contributed by atoms with Crippen LogP contribution in [0.1, 0.15) is 5.56 Å². The summed E-state index contributed by atoms with van der Waals surface area (Å²) in [6.07, 6.45) is 0. The van der Waals surface area contributed by atoms with E-state index in [0.29, 0.717) is 10.2 Å². The molecule has 0 atom stereocenters. The van der Waals surface area contributed by atoms with E-state index in [1.807, 2.05) is 0 Å². The zero-order valence-electron chi connectivity index (χ0n) is 10.1. The number of hydrogen-bond donors (Lipinski definition) is 1. The summed E-state index contributed by atoms with van der Waals surface area (Å²) in [4.78, 5) is 0.0103. The second-order valence-corrected chi connectivity index (χ2v) is 7.49. The largest absolute Gasteiger partial charge is 0.398 e. The fourth-order valence-electron chi connectivity index (χ4n) is 1.64. The first-order chi connectivity index (χ1) is 9.29. The van der Waals surface area contributed by atoms with Crippen LogP contribution in [0.15, 0.2) is 45.8 Å². The second kappa shape index (κ2) is 5.71. The van der Waals surface area contributed by atoms with E-state index in [2.05, 4.69) is 15.9 Å². The minimum absolute atomic E-state index is 0.0103. The van der Waals surface area contributed by atoms with Crippen LogP contribution in [-0.4, -0.2) is 8.42 Å². The van der Waals surface area contributed by atoms with Gasteiger partial charge >= 0.3 is 0 Å². The van der Waals surface area contributed by atoms with Crippen molar-refractivity contribution in [3.8, 4) is 0 Å². The molecule has 0 unspecified atom stereocenters. The highest BCUT2D eigenvalue weighted by Gasteiger charge is 2.18. The Morgan fingerprint density at radius 1 is 1.20 bits per heavy atom. The van der Waals surface area contributed by atoms with E-state index < -0.39 is 21.4 Å². The van der Waals surface area contributed by atoms with Crippen molar-refractivity contribution < 1.29 is 12.8 Å². The zero-order valence-corrected chi connectivity index (χ0v) is 13.3. The van der Waals surface area contributed by atoms with E-state index >= 15 is 0 Å². The lowest BCUT2D eigenvalue weighted by Gasteiger charge is -2.07. The average Bonchev–Trinajstić information content (AvgIpc) is 2.36. The fourth-order valence-corrected chi connectivity index (χ4v) is 3.67. The number of nitrogen functional groups attached to an aromatic ring is 1. The molecule has 106 valence electrons. The molecule has 0 spiro atoms. The molecule has 0 radical (unpaired) electrons. The average molecular weight is 379 g/mol. The SMILES string of the molecule is Nc1ccc(S(=O)(=O)Cc2cc(Br)ccc2F)cc1Cl. The number of benzene rings is 2. The van der Waals surface area contributed by atoms with Gasteiger partial charge in [-0.1, -0.05) is 27.5 Å². The number of hydrogen-bond acceptors (Lipinski definition) is 3. The maximum atomic E-state index is 13.6. The second-order valence-electron chi connectivity index (χ2n) is 4.18. The highest BCUT2D eigenvalue weighted by atomic mass is 79.9. The Labute approximate surface area is 129 Å². The lowest BCUT2D eigenvalue weighted by Crippen LogP contribution is -2.07. The number of nitrogens with two attached hydrogens (primary N) is 1. The highest BCUT2D eigenvalue weighted by molar-refractivity contribution is 9.10. The van der Waals surface area contributed by atoms with Gasteiger partial charge in [-0.3, -0.25) is 0 Å². The predicted octanol–water partition coefficient (Wildman–Crippen LogP) is 3.80. The van der Waals surface area contributed by atoms with Gasteiger partial charge in [-0.05, 0) is 36.4 Å². The Morgan fingerprint density at radius 3 is 2.55 bits per heavy atom. The summed E-state index contributed by atoms with van der Waals surface area (Å²) >= 11 is 8.99. The van der Waals surface area contributed by atoms with E-state index in [0.717, 1.165) is 0 Å². The van der Waals surface area contributed by atoms with Crippen molar-refractivity contribution in [3.05, 3.63) is 57.3 Å². The number of halogens is 3. The molecule has 0 aliphatic carbocycles. The van der Waals surface area contributed by atoms with Gasteiger partial charge in [-0.25, -0.2) is 12.8 Å². The van der Waals surface area contributed by atoms with Crippen LogP contribution in [0.5, 0.6) is 0 Å². The molecule has 2 rings (SSSR count). The molecule has 0 amide bonds. The lowest BCUT2D eigenvalue weighted by molar-refractivity contribution is 0.587. The van der Waals surface area contributed by atoms with E-state index in [9.17, 15) is 12.8 Å². The van der Waals surface area contributed by atoms with Crippen molar-refractivity contribution in [1.29, 1.82) is 0 Å². The highest BCUT2D eigenvalue weighted by Crippen LogP contribution is 2.26. The normalized spacial score (nSPS) is 11.6. The molecule has 2 aromatic rings. The molecule has 0 heterocycles. The maximum absolute atomic E-state index is 13.6. The lowest BCUT2D eigenvalue weighted by atomic mass is 10.2. The number of sulfone groups is 1. The Hall–Kier alpha value is -1.11. The van der Waals surface area contributed by atoms with Crippen LogP contribution >= 0.6 is 27.5 Å². The summed E-state index contributed by atoms with van der Waals surface area (Å²) in [5.74, 6) is -1.02. The van der Waals surface area contributed by atoms with Crippen molar-refractivity contribution in [2.45, 2.75) is 10.6 Å². The molecule has 0 saturated carbocycles. The molecule has 0 aromatic heterocycles. The molecule has 0 aliphatic rings. The number of rotatable bonds is 3. The monoisotopic (exact) mass is 377 g/mol. The van der Waals surface area contributed by atoms with Crippen LogP contribution in [-0.2, 0) is 15.6 Å². The number of anilines is 1. The Morgan fingerprint density at radius 2 is 1.90 bits per heavy atom. The van der Waals surface area contributed by atoms with Crippen LogP contribution in [0, 0.1) is 5.82 Å². The third-order valence-corrected chi connectivity index (χ3v) is 5.17. The molecule has 0 fully saturated rings. The summed E-state index contributed by atoms with van der Waals surface area (Å²) in [6, 6.07) is 8.18. The van der Waals surface area contributed by atoms with Crippen molar-refractivity contribution in [1.82, 2.24) is 0 Å². The smallest absolute Gasteiger partial charge is 0.182 e. The van der Waals surface area contributed by atoms with Gasteiger partial charge in [-0.2, -0.15) is 0 Å². The van der Waals surface area contributed by atoms with Gasteiger partial charge in [-0.15, -0.1) is 0 Å². The van der Waals surface area contributed by atoms with Crippen LogP contribution in [0.2, 0.25) is 5.02 Å². The van der Waals surface area contributed by atoms with Gasteiger partial charge in [0.05, 0.1) is 21.4 Å². The van der Waals surface area contributed by atoms with Gasteiger partial charge in [0.1, 0.15) is 5.82 Å². The summed E-state index contributed by atoms with van der Waals surface area (Å²) in [5, 5.41) is 0.154. The molecule has 0 saturated heterocycles. The van der Waals surface area contributed by atoms with Gasteiger partial charge in [0.15, 0.2) is 9.84 Å². The van der Waals surface area contributed by atoms with Gasteiger partial charge in [0.25, 0.3) is 0 Å². The van der Waals surface area contributed by atoms with Crippen molar-refractivity contribution in [2.24, 2.45) is 0 Å². The summed E-state index contributed by atoms with van der Waals surface area (Å²) in [6.45, 7) is 0. The molecule has 20 heavy (non-hydrogen) atoms. The quantitative estimate of drug-likeness (QED) is 0.827. The summed E-state index contributed by atoms with van der Waals surface area (Å²) < 4.78 is 38.7. The first-order valence-corrected chi connectivity index (χ1v) is 8.33. The third-order valence-electron chi connectivity index (χ3n) is 2.68. The Balaban J connectivity index is 2.40. The van der Waals surface area contributed by atoms with E-state index in [1.165, 1.54) is 36.4 Å². The Bertz CT molecular complexity index is 765. The molecule has 2 aromatic carbocycles. The van der Waals surface area contributed by atoms with Crippen molar-refractivity contribution >= 4 is 43.1 Å². The molecule has 0 aliphatic heterocycles. The molecule has 2 N–H and O–H groups in total. The molecule has 0 bridgehead atoms. The Kier molecular flexibility index (Phi) is 4.36. The zero-order chi connectivity index (χ0) is 14.9. The van der Waals surface area contributed by atoms with E-state index in [1.54, 1.807) is 0 Å². The standard InChI is InChI=1S/C13H10BrClFNO2S/c14-9-1-3-12(16)8(5-9)7-20(18,19)10-2-4-13(17)11(15)6-10/h1-6H,7,17H2. The molecular formula is C13H10BrClFNO2S.